The molecule has 0 atom stereocenters. The van der Waals surface area contributed by atoms with Crippen LogP contribution >= 0.6 is 0 Å². The van der Waals surface area contributed by atoms with Crippen LogP contribution < -0.4 is 10.3 Å². The lowest BCUT2D eigenvalue weighted by Gasteiger charge is -2.15. The van der Waals surface area contributed by atoms with Crippen LogP contribution in [0.5, 0.6) is 5.75 Å². The van der Waals surface area contributed by atoms with E-state index in [0.717, 1.165) is 33.6 Å². The number of aryl methyl sites for hydroxylation is 3. The highest BCUT2D eigenvalue weighted by molar-refractivity contribution is 5.93. The molecule has 0 fully saturated rings. The van der Waals surface area contributed by atoms with Crippen molar-refractivity contribution < 1.29 is 9.26 Å². The molecule has 3 aromatic rings. The number of aromatic nitrogens is 2. The molecule has 0 saturated carbocycles. The first-order valence-corrected chi connectivity index (χ1v) is 11.0. The quantitative estimate of drug-likeness (QED) is 0.359. The monoisotopic (exact) mass is 450 g/mol. The van der Waals surface area contributed by atoms with Gasteiger partial charge in [-0.2, -0.15) is 0 Å². The lowest BCUT2D eigenvalue weighted by molar-refractivity contribution is 0.393. The van der Waals surface area contributed by atoms with Crippen LogP contribution in [0.3, 0.4) is 0 Å². The number of methoxy groups -OCH3 is 1. The van der Waals surface area contributed by atoms with Crippen molar-refractivity contribution >= 4 is 23.0 Å². The summed E-state index contributed by atoms with van der Waals surface area (Å²) in [5.74, 6) is 2.67. The van der Waals surface area contributed by atoms with Gasteiger partial charge in [0.05, 0.1) is 30.4 Å². The van der Waals surface area contributed by atoms with Gasteiger partial charge in [-0.25, -0.2) is 9.98 Å². The Hall–Kier alpha value is -3.48. The van der Waals surface area contributed by atoms with Crippen molar-refractivity contribution in [3.63, 3.8) is 0 Å². The van der Waals surface area contributed by atoms with Crippen LogP contribution in [-0.4, -0.2) is 28.9 Å². The lowest BCUT2D eigenvalue weighted by Crippen LogP contribution is -2.25. The smallest absolute Gasteiger partial charge is 0.254 e. The van der Waals surface area contributed by atoms with Crippen molar-refractivity contribution in [2.45, 2.75) is 55.0 Å². The molecule has 0 amide bonds. The van der Waals surface area contributed by atoms with Gasteiger partial charge in [0.1, 0.15) is 17.3 Å². The van der Waals surface area contributed by atoms with E-state index in [0.29, 0.717) is 22.9 Å². The van der Waals surface area contributed by atoms with Gasteiger partial charge in [0.15, 0.2) is 0 Å². The fraction of sp³-hybridized carbons (Fsp3) is 0.385. The molecular formula is C26H34N4O3. The standard InChI is InChI=1S/C22H24N4O3.C4H10/c1-7-23-20(24-8-2)12-26-18-11-19(28-6)17(21-14(4)25-29-15(21)5)10-16(18)9-13(3)22(26)27;1-4(2)3/h7-11H,1,12H2,2-6H3;4H,1-3H3. The number of rotatable bonds is 5. The summed E-state index contributed by atoms with van der Waals surface area (Å²) in [5, 5.41) is 4.95. The van der Waals surface area contributed by atoms with Crippen molar-refractivity contribution in [3.8, 4) is 16.9 Å². The predicted molar refractivity (Wildman–Crippen MR) is 137 cm³/mol. The number of hydrogen-bond acceptors (Lipinski definition) is 5. The number of fused-ring (bicyclic) bond motifs is 1. The Balaban J connectivity index is 0.000000890. The molecule has 0 spiro atoms. The van der Waals surface area contributed by atoms with Gasteiger partial charge in [-0.15, -0.1) is 0 Å². The summed E-state index contributed by atoms with van der Waals surface area (Å²) in [6.07, 6.45) is 3.06. The maximum Gasteiger partial charge on any atom is 0.254 e. The SMILES string of the molecule is C=CN=C(Cn1c(=O)c(C)cc2cc(-c3c(C)noc3C)c(OC)cc21)N=CC.CC(C)C. The highest BCUT2D eigenvalue weighted by Crippen LogP contribution is 2.37. The van der Waals surface area contributed by atoms with Gasteiger partial charge in [0.25, 0.3) is 5.56 Å². The summed E-state index contributed by atoms with van der Waals surface area (Å²) in [5.41, 5.74) is 3.80. The molecule has 0 bridgehead atoms. The van der Waals surface area contributed by atoms with E-state index in [1.54, 1.807) is 31.7 Å². The zero-order valence-electron chi connectivity index (χ0n) is 20.9. The first-order valence-electron chi connectivity index (χ1n) is 11.0. The maximum absolute atomic E-state index is 12.9. The van der Waals surface area contributed by atoms with Crippen molar-refractivity contribution in [2.75, 3.05) is 7.11 Å². The second-order valence-corrected chi connectivity index (χ2v) is 8.38. The Morgan fingerprint density at radius 2 is 1.91 bits per heavy atom. The van der Waals surface area contributed by atoms with Crippen molar-refractivity contribution in [1.82, 2.24) is 9.72 Å². The molecule has 0 aliphatic carbocycles. The molecule has 0 N–H and O–H groups in total. The highest BCUT2D eigenvalue weighted by atomic mass is 16.5. The number of pyridine rings is 1. The number of ether oxygens (including phenoxy) is 1. The van der Waals surface area contributed by atoms with Crippen LogP contribution in [0.1, 0.15) is 44.7 Å². The van der Waals surface area contributed by atoms with Gasteiger partial charge in [-0.3, -0.25) is 4.79 Å². The highest BCUT2D eigenvalue weighted by Gasteiger charge is 2.19. The fourth-order valence-corrected chi connectivity index (χ4v) is 3.45. The van der Waals surface area contributed by atoms with Crippen LogP contribution in [0.2, 0.25) is 0 Å². The topological polar surface area (TPSA) is 82.0 Å². The molecule has 2 heterocycles. The first-order chi connectivity index (χ1) is 15.6. The van der Waals surface area contributed by atoms with Gasteiger partial charge in [0.2, 0.25) is 0 Å². The summed E-state index contributed by atoms with van der Waals surface area (Å²) in [4.78, 5) is 21.3. The average Bonchev–Trinajstić information content (AvgIpc) is 3.08. The molecule has 7 nitrogen and oxygen atoms in total. The Kier molecular flexibility index (Phi) is 8.91. The first kappa shape index (κ1) is 25.8. The Morgan fingerprint density at radius 1 is 1.24 bits per heavy atom. The molecule has 0 aliphatic rings. The molecule has 1 aromatic carbocycles. The van der Waals surface area contributed by atoms with E-state index in [9.17, 15) is 4.79 Å². The summed E-state index contributed by atoms with van der Waals surface area (Å²) in [6, 6.07) is 5.73. The number of benzene rings is 1. The Labute approximate surface area is 195 Å². The summed E-state index contributed by atoms with van der Waals surface area (Å²) < 4.78 is 12.6. The summed E-state index contributed by atoms with van der Waals surface area (Å²) >= 11 is 0. The Bertz CT molecular complexity index is 1220. The van der Waals surface area contributed by atoms with Crippen LogP contribution in [-0.2, 0) is 6.54 Å². The van der Waals surface area contributed by atoms with Gasteiger partial charge in [-0.1, -0.05) is 32.5 Å². The van der Waals surface area contributed by atoms with Crippen LogP contribution in [0, 0.1) is 26.7 Å². The van der Waals surface area contributed by atoms with E-state index in [2.05, 4.69) is 42.5 Å². The molecule has 2 aromatic heterocycles. The molecule has 33 heavy (non-hydrogen) atoms. The van der Waals surface area contributed by atoms with E-state index in [4.69, 9.17) is 9.26 Å². The molecule has 0 aliphatic heterocycles. The maximum atomic E-state index is 12.9. The minimum absolute atomic E-state index is 0.104. The zero-order valence-corrected chi connectivity index (χ0v) is 20.9. The van der Waals surface area contributed by atoms with E-state index in [1.165, 1.54) is 6.20 Å². The number of hydrogen-bond donors (Lipinski definition) is 0. The van der Waals surface area contributed by atoms with E-state index >= 15 is 0 Å². The largest absolute Gasteiger partial charge is 0.496 e. The molecule has 0 saturated heterocycles. The third-order valence-corrected chi connectivity index (χ3v) is 4.71. The minimum Gasteiger partial charge on any atom is -0.496 e. The molecular weight excluding hydrogens is 416 g/mol. The molecule has 7 heteroatoms. The second-order valence-electron chi connectivity index (χ2n) is 8.38. The van der Waals surface area contributed by atoms with Crippen LogP contribution in [0.4, 0.5) is 0 Å². The van der Waals surface area contributed by atoms with Crippen molar-refractivity contribution in [1.29, 1.82) is 0 Å². The summed E-state index contributed by atoms with van der Waals surface area (Å²) in [6.45, 7) is 17.7. The summed E-state index contributed by atoms with van der Waals surface area (Å²) in [7, 11) is 1.60. The van der Waals surface area contributed by atoms with E-state index in [1.807, 2.05) is 32.0 Å². The van der Waals surface area contributed by atoms with Gasteiger partial charge >= 0.3 is 0 Å². The third kappa shape index (κ3) is 6.06. The van der Waals surface area contributed by atoms with Gasteiger partial charge < -0.3 is 13.8 Å². The molecule has 3 rings (SSSR count). The second kappa shape index (κ2) is 11.4. The van der Waals surface area contributed by atoms with Gasteiger partial charge in [-0.05, 0) is 51.1 Å². The number of aliphatic imine (C=N–C) groups is 2. The molecule has 0 unspecified atom stereocenters. The average molecular weight is 451 g/mol. The zero-order chi connectivity index (χ0) is 24.7. The predicted octanol–water partition coefficient (Wildman–Crippen LogP) is 5.89. The van der Waals surface area contributed by atoms with Crippen LogP contribution in [0.15, 0.2) is 50.3 Å². The van der Waals surface area contributed by atoms with E-state index in [-0.39, 0.29) is 12.1 Å². The van der Waals surface area contributed by atoms with Crippen molar-refractivity contribution in [2.24, 2.45) is 15.9 Å². The number of amidine groups is 1. The van der Waals surface area contributed by atoms with Crippen molar-refractivity contribution in [3.05, 3.63) is 58.3 Å². The van der Waals surface area contributed by atoms with E-state index < -0.39 is 0 Å². The van der Waals surface area contributed by atoms with Gasteiger partial charge in [0, 0.05) is 29.6 Å². The normalized spacial score (nSPS) is 11.7. The molecule has 176 valence electrons. The lowest BCUT2D eigenvalue weighted by atomic mass is 10.00. The Morgan fingerprint density at radius 3 is 2.42 bits per heavy atom. The number of nitrogens with zero attached hydrogens (tertiary/aromatic N) is 4. The minimum atomic E-state index is -0.104. The van der Waals surface area contributed by atoms with Crippen LogP contribution in [0.25, 0.3) is 22.0 Å². The molecule has 0 radical (unpaired) electrons. The fourth-order valence-electron chi connectivity index (χ4n) is 3.45. The third-order valence-electron chi connectivity index (χ3n) is 4.71.